The van der Waals surface area contributed by atoms with Gasteiger partial charge in [-0.25, -0.2) is 92.8 Å². The van der Waals surface area contributed by atoms with E-state index in [0.29, 0.717) is 42.0 Å². The van der Waals surface area contributed by atoms with Gasteiger partial charge >= 0.3 is 0 Å². The van der Waals surface area contributed by atoms with E-state index in [4.69, 9.17) is 23.8 Å². The van der Waals surface area contributed by atoms with E-state index in [0.717, 1.165) is 12.2 Å². The summed E-state index contributed by atoms with van der Waals surface area (Å²) in [4.78, 5) is 20.0. The number of ether oxygens (including phenoxy) is 4. The molecule has 8 aromatic rings. The number of aromatic amines is 2. The highest BCUT2D eigenvalue weighted by Crippen LogP contribution is 2.58. The Morgan fingerprint density at radius 3 is 1.18 bits per heavy atom. The van der Waals surface area contributed by atoms with E-state index in [2.05, 4.69) is 19.9 Å². The molecule has 30 heteroatoms. The van der Waals surface area contributed by atoms with Gasteiger partial charge in [0.15, 0.2) is 105 Å². The largest absolute Gasteiger partial charge is 0.354 e. The standard InChI is InChI=1S/C60H31F20N5O5/c1-60(2)88-57-56(87-59(86-3)58(57)89-60)54-31-52-25(29-36(65)44(73)50(79)45(74)37(29)66)21-13-11-19(82-21)23(27-32(61)40(69)48(77)41(70)33(27)62)17-9-10-18(81-17)24(28-34(63)42(71)49(78)43(72)35(28)64)20-12-14-22(83-20)26(30-38(67)46(75)51(80)47(76)39(30)68)53(84-52)55(31)90-85(54)15-16-7-5-4-6-8-16/h4-14,31,54-59,82-83H,15H2,1-3H3/t31-,54+,55+,56-,57-,58-,59-/m1/s1. The lowest BCUT2D eigenvalue weighted by Crippen LogP contribution is -2.47. The number of nitrogens with one attached hydrogen (secondary N) is 2. The van der Waals surface area contributed by atoms with Crippen LogP contribution in [0.4, 0.5) is 87.8 Å². The van der Waals surface area contributed by atoms with Crippen molar-refractivity contribution in [2.24, 2.45) is 0 Å². The molecule has 7 atom stereocenters. The van der Waals surface area contributed by atoms with E-state index < -0.39 is 261 Å². The number of benzene rings is 5. The molecule has 13 rings (SSSR count). The van der Waals surface area contributed by atoms with Crippen molar-refractivity contribution in [3.63, 3.8) is 0 Å². The Morgan fingerprint density at radius 2 is 0.778 bits per heavy atom. The van der Waals surface area contributed by atoms with Crippen LogP contribution in [0.2, 0.25) is 0 Å². The lowest BCUT2D eigenvalue weighted by Gasteiger charge is -2.33. The molecule has 5 aliphatic heterocycles. The van der Waals surface area contributed by atoms with Gasteiger partial charge in [0.1, 0.15) is 24.4 Å². The quantitative estimate of drug-likeness (QED) is 0.0880. The molecule has 3 aromatic heterocycles. The summed E-state index contributed by atoms with van der Waals surface area (Å²) in [5.41, 5.74) is -21.3. The average molecular weight is 1280 g/mol. The third kappa shape index (κ3) is 8.86. The van der Waals surface area contributed by atoms with Gasteiger partial charge in [0.05, 0.1) is 57.0 Å². The number of methoxy groups -OCH3 is 1. The Kier molecular flexibility index (Phi) is 14.4. The first-order valence-electron chi connectivity index (χ1n) is 26.2. The molecule has 3 fully saturated rings. The molecule has 2 N–H and O–H groups in total. The van der Waals surface area contributed by atoms with Crippen LogP contribution in [0.5, 0.6) is 0 Å². The highest BCUT2D eigenvalue weighted by molar-refractivity contribution is 5.98. The van der Waals surface area contributed by atoms with E-state index in [1.165, 1.54) is 38.1 Å². The monoisotopic (exact) mass is 1280 g/mol. The smallest absolute Gasteiger partial charge is 0.200 e. The molecule has 0 unspecified atom stereocenters. The van der Waals surface area contributed by atoms with Gasteiger partial charge in [-0.3, -0.25) is 9.82 Å². The molecule has 0 amide bonds. The zero-order valence-electron chi connectivity index (χ0n) is 45.0. The van der Waals surface area contributed by atoms with Crippen LogP contribution >= 0.6 is 0 Å². The molecule has 0 aliphatic carbocycles. The van der Waals surface area contributed by atoms with Crippen molar-refractivity contribution in [2.75, 3.05) is 7.11 Å². The molecule has 0 radical (unpaired) electrons. The Balaban J connectivity index is 1.29. The summed E-state index contributed by atoms with van der Waals surface area (Å²) in [5, 5.41) is 1.04. The molecule has 5 aliphatic rings. The van der Waals surface area contributed by atoms with Crippen molar-refractivity contribution >= 4 is 34.2 Å². The number of H-pyrrole nitrogens is 2. The maximum atomic E-state index is 17.2. The van der Waals surface area contributed by atoms with Crippen LogP contribution in [0.1, 0.15) is 54.2 Å². The first-order valence-corrected chi connectivity index (χ1v) is 26.2. The predicted molar refractivity (Wildman–Crippen MR) is 273 cm³/mol. The van der Waals surface area contributed by atoms with Crippen LogP contribution in [0.25, 0.3) is 78.7 Å². The number of halogens is 20. The fourth-order valence-corrected chi connectivity index (χ4v) is 12.1. The second-order valence-electron chi connectivity index (χ2n) is 21.3. The van der Waals surface area contributed by atoms with Crippen LogP contribution in [0, 0.1) is 116 Å². The fraction of sp³-hybridized carbons (Fsp3) is 0.200. The van der Waals surface area contributed by atoms with Crippen molar-refractivity contribution in [1.29, 1.82) is 0 Å². The molecule has 0 saturated carbocycles. The lowest BCUT2D eigenvalue weighted by atomic mass is 9.82. The molecule has 5 aromatic carbocycles. The maximum absolute atomic E-state index is 17.2. The molecular formula is C60H31F20N5O5. The number of hydrogen-bond donors (Lipinski definition) is 2. The molecule has 90 heavy (non-hydrogen) atoms. The molecule has 8 bridgehead atoms. The highest BCUT2D eigenvalue weighted by atomic mass is 19.2. The second-order valence-corrected chi connectivity index (χ2v) is 21.3. The van der Waals surface area contributed by atoms with Crippen LogP contribution in [-0.4, -0.2) is 68.5 Å². The van der Waals surface area contributed by atoms with Crippen LogP contribution in [-0.2, 0) is 30.3 Å². The van der Waals surface area contributed by atoms with Crippen molar-refractivity contribution in [2.45, 2.75) is 68.8 Å². The summed E-state index contributed by atoms with van der Waals surface area (Å²) in [5.74, 6) is -57.3. The average Bonchev–Trinajstić information content (AvgIpc) is 1.54. The molecule has 3 saturated heterocycles. The first kappa shape index (κ1) is 60.2. The van der Waals surface area contributed by atoms with E-state index in [1.807, 2.05) is 0 Å². The van der Waals surface area contributed by atoms with Crippen molar-refractivity contribution in [3.8, 4) is 44.5 Å². The van der Waals surface area contributed by atoms with E-state index >= 15 is 79.0 Å². The van der Waals surface area contributed by atoms with Gasteiger partial charge < -0.3 is 28.9 Å². The van der Waals surface area contributed by atoms with E-state index in [9.17, 15) is 8.78 Å². The van der Waals surface area contributed by atoms with E-state index in [1.54, 1.807) is 6.07 Å². The lowest BCUT2D eigenvalue weighted by molar-refractivity contribution is -0.247. The number of hydrogen-bond acceptors (Lipinski definition) is 8. The van der Waals surface area contributed by atoms with Crippen molar-refractivity contribution in [3.05, 3.63) is 199 Å². The number of fused-ring (bicyclic) bond motifs is 12. The summed E-state index contributed by atoms with van der Waals surface area (Å²) < 4.78 is 345. The Morgan fingerprint density at radius 1 is 0.422 bits per heavy atom. The van der Waals surface area contributed by atoms with Crippen molar-refractivity contribution < 1.29 is 112 Å². The van der Waals surface area contributed by atoms with Gasteiger partial charge in [-0.05, 0) is 55.8 Å². The predicted octanol–water partition coefficient (Wildman–Crippen LogP) is 15.5. The minimum Gasteiger partial charge on any atom is -0.354 e. The summed E-state index contributed by atoms with van der Waals surface area (Å²) >= 11 is 0. The maximum Gasteiger partial charge on any atom is 0.200 e. The Bertz CT molecular complexity index is 4540. The molecule has 466 valence electrons. The van der Waals surface area contributed by atoms with Gasteiger partial charge in [0, 0.05) is 58.0 Å². The molecular weight excluding hydrogens is 1250 g/mol. The summed E-state index contributed by atoms with van der Waals surface area (Å²) in [6, 6.07) is 8.41. The summed E-state index contributed by atoms with van der Waals surface area (Å²) in [6.07, 6.45) is -6.75. The third-order valence-electron chi connectivity index (χ3n) is 15.9. The number of rotatable bonds is 8. The van der Waals surface area contributed by atoms with Crippen LogP contribution < -0.4 is 0 Å². The minimum absolute atomic E-state index is 0.311. The van der Waals surface area contributed by atoms with Gasteiger partial charge in [-0.1, -0.05) is 30.3 Å². The fourth-order valence-electron chi connectivity index (χ4n) is 12.1. The zero-order chi connectivity index (χ0) is 64.3. The SMILES string of the molecule is CO[C@@H]1O[C@H]([C@@H]2[C@H]3c4nc(c(-c5c(F)c(F)c(F)c(F)c5F)c5ccc([nH]5)c(-c5c(F)c(F)c(F)c(F)c5F)c5nc(c(-c6c(F)c(F)c(F)c(F)c6F)c6ccc([nH]6)c4-c4c(F)c(F)c(F)c(F)c4F)C=C5)[C@H]3ON2Cc2ccccc2)[C@H]2OC(C)(C)O[C@@H]12. The first-order chi connectivity index (χ1) is 42.7. The third-order valence-corrected chi connectivity index (χ3v) is 15.9. The number of hydroxylamine groups is 2. The Hall–Kier alpha value is -8.68. The number of aromatic nitrogens is 4. The molecule has 10 nitrogen and oxygen atoms in total. The molecule has 0 spiro atoms. The van der Waals surface area contributed by atoms with Gasteiger partial charge in [-0.2, -0.15) is 5.06 Å². The topological polar surface area (TPSA) is 107 Å². The normalized spacial score (nSPS) is 21.1. The van der Waals surface area contributed by atoms with Gasteiger partial charge in [0.25, 0.3) is 0 Å². The highest BCUT2D eigenvalue weighted by Gasteiger charge is 2.64. The second kappa shape index (κ2) is 21.5. The number of nitrogens with zero attached hydrogens (tertiary/aromatic N) is 3. The van der Waals surface area contributed by atoms with Crippen molar-refractivity contribution in [1.82, 2.24) is 25.0 Å². The molecule has 8 heterocycles. The Labute approximate surface area is 489 Å². The van der Waals surface area contributed by atoms with Gasteiger partial charge in [-0.15, -0.1) is 0 Å². The van der Waals surface area contributed by atoms with Crippen LogP contribution in [0.3, 0.4) is 0 Å². The summed E-state index contributed by atoms with van der Waals surface area (Å²) in [6.45, 7) is 2.41. The van der Waals surface area contributed by atoms with E-state index in [-0.39, 0.29) is 0 Å². The zero-order valence-corrected chi connectivity index (χ0v) is 45.0. The van der Waals surface area contributed by atoms with Gasteiger partial charge in [0.2, 0.25) is 23.3 Å². The van der Waals surface area contributed by atoms with Crippen LogP contribution in [0.15, 0.2) is 54.6 Å². The summed E-state index contributed by atoms with van der Waals surface area (Å²) in [7, 11) is 1.16. The minimum atomic E-state index is -2.77.